The molecule has 2 aliphatic carbocycles. The Labute approximate surface area is 200 Å². The van der Waals surface area contributed by atoms with Gasteiger partial charge in [-0.25, -0.2) is 4.68 Å². The molecule has 1 atom stereocenters. The van der Waals surface area contributed by atoms with Crippen LogP contribution < -0.4 is 10.3 Å². The van der Waals surface area contributed by atoms with Gasteiger partial charge in [0.2, 0.25) is 0 Å². The Morgan fingerprint density at radius 1 is 1.12 bits per heavy atom. The molecule has 182 valence electrons. The third-order valence-electron chi connectivity index (χ3n) is 7.80. The quantitative estimate of drug-likeness (QED) is 0.509. The number of nitrogens with one attached hydrogen (secondary N) is 1. The maximum absolute atomic E-state index is 13.1. The van der Waals surface area contributed by atoms with Crippen LogP contribution in [0.1, 0.15) is 94.6 Å². The maximum atomic E-state index is 13.1. The van der Waals surface area contributed by atoms with Gasteiger partial charge in [-0.3, -0.25) is 9.69 Å². The van der Waals surface area contributed by atoms with Gasteiger partial charge in [0.25, 0.3) is 5.56 Å². The first-order valence-electron chi connectivity index (χ1n) is 12.9. The van der Waals surface area contributed by atoms with Gasteiger partial charge in [-0.05, 0) is 66.8 Å². The number of rotatable bonds is 8. The van der Waals surface area contributed by atoms with Crippen LogP contribution in [-0.4, -0.2) is 43.2 Å². The molecule has 0 unspecified atom stereocenters. The number of hydrogen-bond donors (Lipinski definition) is 1. The minimum Gasteiger partial charge on any atom is -0.497 e. The normalized spacial score (nSPS) is 18.7. The molecule has 5 rings (SSSR count). The van der Waals surface area contributed by atoms with E-state index in [4.69, 9.17) is 4.74 Å². The van der Waals surface area contributed by atoms with Crippen LogP contribution in [0.5, 0.6) is 5.75 Å². The molecule has 34 heavy (non-hydrogen) atoms. The first kappa shape index (κ1) is 23.0. The van der Waals surface area contributed by atoms with E-state index in [0.717, 1.165) is 60.1 Å². The summed E-state index contributed by atoms with van der Waals surface area (Å²) in [5.41, 5.74) is 1.59. The summed E-state index contributed by atoms with van der Waals surface area (Å²) in [6.45, 7) is 2.80. The number of tetrazole rings is 1. The second kappa shape index (κ2) is 10.3. The van der Waals surface area contributed by atoms with Crippen LogP contribution in [0.3, 0.4) is 0 Å². The number of aromatic amines is 1. The monoisotopic (exact) mass is 464 g/mol. The molecule has 2 fully saturated rings. The SMILES string of the molecule is CC[C@H](c1nnnn1C1CCCC1)N(Cc1cc2cc(OC)ccc2[nH]c1=O)C1CCCCC1. The van der Waals surface area contributed by atoms with Gasteiger partial charge >= 0.3 is 0 Å². The highest BCUT2D eigenvalue weighted by Gasteiger charge is 2.33. The summed E-state index contributed by atoms with van der Waals surface area (Å²) in [6.07, 6.45) is 11.7. The predicted molar refractivity (Wildman–Crippen MR) is 132 cm³/mol. The van der Waals surface area contributed by atoms with E-state index in [-0.39, 0.29) is 11.6 Å². The van der Waals surface area contributed by atoms with Crippen molar-refractivity contribution in [3.05, 3.63) is 46.0 Å². The lowest BCUT2D eigenvalue weighted by molar-refractivity contribution is 0.0830. The van der Waals surface area contributed by atoms with Crippen LogP contribution in [0, 0.1) is 0 Å². The Morgan fingerprint density at radius 2 is 1.88 bits per heavy atom. The van der Waals surface area contributed by atoms with Crippen molar-refractivity contribution in [1.82, 2.24) is 30.1 Å². The van der Waals surface area contributed by atoms with Crippen LogP contribution >= 0.6 is 0 Å². The van der Waals surface area contributed by atoms with Crippen LogP contribution in [0.2, 0.25) is 0 Å². The van der Waals surface area contributed by atoms with E-state index >= 15 is 0 Å². The minimum atomic E-state index is -0.0243. The number of methoxy groups -OCH3 is 1. The van der Waals surface area contributed by atoms with Crippen molar-refractivity contribution in [3.8, 4) is 5.75 Å². The van der Waals surface area contributed by atoms with E-state index in [2.05, 4.69) is 37.0 Å². The van der Waals surface area contributed by atoms with Crippen molar-refractivity contribution in [1.29, 1.82) is 0 Å². The van der Waals surface area contributed by atoms with Crippen LogP contribution in [0.25, 0.3) is 10.9 Å². The summed E-state index contributed by atoms with van der Waals surface area (Å²) < 4.78 is 7.50. The average molecular weight is 465 g/mol. The molecule has 8 nitrogen and oxygen atoms in total. The molecule has 0 amide bonds. The Hall–Kier alpha value is -2.74. The van der Waals surface area contributed by atoms with E-state index < -0.39 is 0 Å². The van der Waals surface area contributed by atoms with E-state index in [1.54, 1.807) is 7.11 Å². The highest BCUT2D eigenvalue weighted by molar-refractivity contribution is 5.80. The number of H-pyrrole nitrogens is 1. The van der Waals surface area contributed by atoms with Crippen molar-refractivity contribution < 1.29 is 4.74 Å². The molecule has 1 aromatic carbocycles. The molecule has 0 spiro atoms. The molecule has 2 aliphatic rings. The molecule has 2 heterocycles. The molecule has 0 saturated heterocycles. The highest BCUT2D eigenvalue weighted by atomic mass is 16.5. The molecule has 8 heteroatoms. The smallest absolute Gasteiger partial charge is 0.252 e. The first-order chi connectivity index (χ1) is 16.7. The minimum absolute atomic E-state index is 0.0243. The predicted octanol–water partition coefficient (Wildman–Crippen LogP) is 4.92. The number of nitrogens with zero attached hydrogens (tertiary/aromatic N) is 5. The molecule has 2 aromatic heterocycles. The zero-order chi connectivity index (χ0) is 23.5. The number of pyridine rings is 1. The van der Waals surface area contributed by atoms with Gasteiger partial charge in [-0.15, -0.1) is 5.10 Å². The fraction of sp³-hybridized carbons (Fsp3) is 0.615. The Morgan fingerprint density at radius 3 is 2.62 bits per heavy atom. The lowest BCUT2D eigenvalue weighted by Gasteiger charge is -2.39. The van der Waals surface area contributed by atoms with E-state index in [0.29, 0.717) is 18.6 Å². The van der Waals surface area contributed by atoms with Crippen molar-refractivity contribution in [2.75, 3.05) is 7.11 Å². The van der Waals surface area contributed by atoms with Crippen LogP contribution in [0.4, 0.5) is 0 Å². The zero-order valence-electron chi connectivity index (χ0n) is 20.4. The third kappa shape index (κ3) is 4.60. The Bertz CT molecular complexity index is 1160. The first-order valence-corrected chi connectivity index (χ1v) is 12.9. The number of ether oxygens (including phenoxy) is 1. The fourth-order valence-corrected chi connectivity index (χ4v) is 5.97. The maximum Gasteiger partial charge on any atom is 0.252 e. The lowest BCUT2D eigenvalue weighted by Crippen LogP contribution is -2.41. The number of aromatic nitrogens is 5. The summed E-state index contributed by atoms with van der Waals surface area (Å²) in [5.74, 6) is 1.75. The zero-order valence-corrected chi connectivity index (χ0v) is 20.4. The van der Waals surface area contributed by atoms with Crippen molar-refractivity contribution in [3.63, 3.8) is 0 Å². The van der Waals surface area contributed by atoms with Crippen molar-refractivity contribution >= 4 is 10.9 Å². The molecule has 1 N–H and O–H groups in total. The topological polar surface area (TPSA) is 88.9 Å². The summed E-state index contributed by atoms with van der Waals surface area (Å²) in [5, 5.41) is 14.1. The van der Waals surface area contributed by atoms with E-state index in [1.807, 2.05) is 24.3 Å². The molecule has 2 saturated carbocycles. The van der Waals surface area contributed by atoms with Crippen LogP contribution in [-0.2, 0) is 6.54 Å². The number of benzene rings is 1. The molecular formula is C26H36N6O2. The summed E-state index contributed by atoms with van der Waals surface area (Å²) >= 11 is 0. The van der Waals surface area contributed by atoms with E-state index in [9.17, 15) is 4.79 Å². The van der Waals surface area contributed by atoms with Crippen molar-refractivity contribution in [2.24, 2.45) is 0 Å². The third-order valence-corrected chi connectivity index (χ3v) is 7.80. The van der Waals surface area contributed by atoms with Gasteiger partial charge in [0.1, 0.15) is 5.75 Å². The number of hydrogen-bond acceptors (Lipinski definition) is 6. The van der Waals surface area contributed by atoms with Gasteiger partial charge in [-0.2, -0.15) is 0 Å². The van der Waals surface area contributed by atoms with Gasteiger partial charge in [-0.1, -0.05) is 39.0 Å². The summed E-state index contributed by atoms with van der Waals surface area (Å²) in [6, 6.07) is 8.69. The number of fused-ring (bicyclic) bond motifs is 1. The molecule has 0 bridgehead atoms. The van der Waals surface area contributed by atoms with Gasteiger partial charge in [0.05, 0.1) is 19.2 Å². The average Bonchev–Trinajstić information content (AvgIpc) is 3.57. The largest absolute Gasteiger partial charge is 0.497 e. The van der Waals surface area contributed by atoms with E-state index in [1.165, 1.54) is 32.1 Å². The van der Waals surface area contributed by atoms with Gasteiger partial charge < -0.3 is 9.72 Å². The molecular weight excluding hydrogens is 428 g/mol. The standard InChI is InChI=1S/C26H36N6O2/c1-3-24(25-28-29-30-32(25)21-11-7-8-12-21)31(20-9-5-4-6-10-20)17-19-15-18-16-22(34-2)13-14-23(18)27-26(19)33/h13-16,20-21,24H,3-12,17H2,1-2H3,(H,27,33)/t24-/m1/s1. The van der Waals surface area contributed by atoms with Gasteiger partial charge in [0.15, 0.2) is 5.82 Å². The van der Waals surface area contributed by atoms with Crippen LogP contribution in [0.15, 0.2) is 29.1 Å². The summed E-state index contributed by atoms with van der Waals surface area (Å²) in [4.78, 5) is 18.7. The molecule has 3 aromatic rings. The molecule has 0 radical (unpaired) electrons. The second-order valence-electron chi connectivity index (χ2n) is 9.89. The Kier molecular flexibility index (Phi) is 6.94. The fourth-order valence-electron chi connectivity index (χ4n) is 5.97. The highest BCUT2D eigenvalue weighted by Crippen LogP contribution is 2.36. The second-order valence-corrected chi connectivity index (χ2v) is 9.89. The van der Waals surface area contributed by atoms with Crippen molar-refractivity contribution in [2.45, 2.75) is 95.8 Å². The lowest BCUT2D eigenvalue weighted by atomic mass is 9.92. The molecule has 0 aliphatic heterocycles. The summed E-state index contributed by atoms with van der Waals surface area (Å²) in [7, 11) is 1.67. The van der Waals surface area contributed by atoms with Gasteiger partial charge in [0, 0.05) is 29.1 Å². The Balaban J connectivity index is 1.52.